The van der Waals surface area contributed by atoms with Crippen molar-refractivity contribution in [2.75, 3.05) is 24.1 Å². The van der Waals surface area contributed by atoms with Gasteiger partial charge in [0.1, 0.15) is 4.88 Å². The first kappa shape index (κ1) is 14.4. The number of carbonyl (C=O) groups excluding carboxylic acids is 1. The molecule has 0 unspecified atom stereocenters. The fourth-order valence-electron chi connectivity index (χ4n) is 2.46. The Balaban J connectivity index is 1.80. The first-order valence-electron chi connectivity index (χ1n) is 7.59. The molecule has 4 nitrogen and oxygen atoms in total. The first-order chi connectivity index (χ1) is 10.0. The minimum Gasteiger partial charge on any atom is -0.397 e. The second-order valence-corrected chi connectivity index (χ2v) is 7.55. The number of carbonyl (C=O) groups is 1. The highest BCUT2D eigenvalue weighted by molar-refractivity contribution is 7.18. The summed E-state index contributed by atoms with van der Waals surface area (Å²) in [5, 5.41) is 7.47. The fourth-order valence-corrected chi connectivity index (χ4v) is 3.58. The van der Waals surface area contributed by atoms with Crippen LogP contribution < -0.4 is 16.4 Å². The Kier molecular flexibility index (Phi) is 3.69. The van der Waals surface area contributed by atoms with Gasteiger partial charge >= 0.3 is 0 Å². The van der Waals surface area contributed by atoms with Gasteiger partial charge in [-0.25, -0.2) is 0 Å². The second kappa shape index (κ2) is 5.37. The van der Waals surface area contributed by atoms with Crippen LogP contribution in [-0.4, -0.2) is 19.0 Å². The summed E-state index contributed by atoms with van der Waals surface area (Å²) in [4.78, 5) is 12.8. The largest absolute Gasteiger partial charge is 0.397 e. The molecule has 3 rings (SSSR count). The fraction of sp³-hybridized carbons (Fsp3) is 0.562. The van der Waals surface area contributed by atoms with Crippen molar-refractivity contribution in [2.45, 2.75) is 38.5 Å². The van der Waals surface area contributed by atoms with E-state index < -0.39 is 0 Å². The Bertz CT molecular complexity index is 570. The molecule has 114 valence electrons. The van der Waals surface area contributed by atoms with Gasteiger partial charge in [0.25, 0.3) is 5.91 Å². The van der Waals surface area contributed by atoms with Crippen molar-refractivity contribution < 1.29 is 4.79 Å². The molecule has 1 amide bonds. The summed E-state index contributed by atoms with van der Waals surface area (Å²) < 4.78 is 0. The topological polar surface area (TPSA) is 67.2 Å². The predicted octanol–water partition coefficient (Wildman–Crippen LogP) is 3.34. The quantitative estimate of drug-likeness (QED) is 0.677. The molecule has 0 aromatic carbocycles. The van der Waals surface area contributed by atoms with Gasteiger partial charge in [-0.2, -0.15) is 0 Å². The molecule has 5 heteroatoms. The zero-order valence-electron chi connectivity index (χ0n) is 12.5. The summed E-state index contributed by atoms with van der Waals surface area (Å²) in [7, 11) is 0. The number of nitrogen functional groups attached to an aromatic ring is 1. The summed E-state index contributed by atoms with van der Waals surface area (Å²) in [6, 6.07) is 0. The predicted molar refractivity (Wildman–Crippen MR) is 89.1 cm³/mol. The van der Waals surface area contributed by atoms with Crippen LogP contribution in [0, 0.1) is 5.41 Å². The number of amides is 1. The Morgan fingerprint density at radius 1 is 1.52 bits per heavy atom. The maximum Gasteiger partial charge on any atom is 0.263 e. The van der Waals surface area contributed by atoms with Crippen molar-refractivity contribution in [3.05, 3.63) is 23.1 Å². The molecule has 0 saturated heterocycles. The molecule has 2 aliphatic rings. The lowest BCUT2D eigenvalue weighted by Crippen LogP contribution is -2.23. The summed E-state index contributed by atoms with van der Waals surface area (Å²) >= 11 is 1.50. The van der Waals surface area contributed by atoms with Crippen LogP contribution >= 0.6 is 11.3 Å². The van der Waals surface area contributed by atoms with E-state index in [1.807, 2.05) is 0 Å². The highest BCUT2D eigenvalue weighted by Gasteiger charge is 2.38. The lowest BCUT2D eigenvalue weighted by atomic mass is 10.1. The zero-order chi connectivity index (χ0) is 15.0. The maximum atomic E-state index is 12.2. The van der Waals surface area contributed by atoms with Gasteiger partial charge in [0.15, 0.2) is 0 Å². The molecule has 0 atom stereocenters. The lowest BCUT2D eigenvalue weighted by Gasteiger charge is -2.11. The highest BCUT2D eigenvalue weighted by atomic mass is 32.1. The van der Waals surface area contributed by atoms with E-state index in [1.54, 1.807) is 6.08 Å². The first-order valence-corrected chi connectivity index (χ1v) is 8.41. The van der Waals surface area contributed by atoms with Crippen LogP contribution in [0.15, 0.2) is 12.7 Å². The van der Waals surface area contributed by atoms with Crippen LogP contribution in [-0.2, 0) is 0 Å². The standard InChI is InChI=1S/C16H23N3OS/c1-3-8-18-14(20)13-12(17)11(10-4-5-10)15(21-13)19-9-16(2)6-7-16/h3,10,19H,1,4-9,17H2,2H3,(H,18,20). The van der Waals surface area contributed by atoms with Crippen LogP contribution in [0.1, 0.15) is 53.8 Å². The SMILES string of the molecule is C=CCNC(=O)c1sc(NCC2(C)CC2)c(C2CC2)c1N. The number of hydrogen-bond donors (Lipinski definition) is 3. The van der Waals surface area contributed by atoms with Crippen molar-refractivity contribution in [2.24, 2.45) is 5.41 Å². The van der Waals surface area contributed by atoms with E-state index in [2.05, 4.69) is 24.1 Å². The number of hydrogen-bond acceptors (Lipinski definition) is 4. The summed E-state index contributed by atoms with van der Waals surface area (Å²) in [6.07, 6.45) is 6.61. The number of nitrogens with two attached hydrogens (primary N) is 1. The van der Waals surface area contributed by atoms with E-state index in [1.165, 1.54) is 42.6 Å². The van der Waals surface area contributed by atoms with Gasteiger partial charge in [-0.05, 0) is 37.0 Å². The number of nitrogens with one attached hydrogen (secondary N) is 2. The van der Waals surface area contributed by atoms with Crippen molar-refractivity contribution in [1.82, 2.24) is 5.32 Å². The lowest BCUT2D eigenvalue weighted by molar-refractivity contribution is 0.0963. The Morgan fingerprint density at radius 3 is 2.81 bits per heavy atom. The van der Waals surface area contributed by atoms with Gasteiger partial charge in [0.2, 0.25) is 0 Å². The normalized spacial score (nSPS) is 19.1. The molecule has 0 spiro atoms. The van der Waals surface area contributed by atoms with Gasteiger partial charge in [-0.15, -0.1) is 17.9 Å². The van der Waals surface area contributed by atoms with E-state index in [9.17, 15) is 4.79 Å². The maximum absolute atomic E-state index is 12.2. The Labute approximate surface area is 129 Å². The van der Waals surface area contributed by atoms with Crippen LogP contribution in [0.5, 0.6) is 0 Å². The Hall–Kier alpha value is -1.49. The molecule has 4 N–H and O–H groups in total. The van der Waals surface area contributed by atoms with E-state index in [-0.39, 0.29) is 5.91 Å². The van der Waals surface area contributed by atoms with Crippen molar-refractivity contribution in [1.29, 1.82) is 0 Å². The smallest absolute Gasteiger partial charge is 0.263 e. The second-order valence-electron chi connectivity index (χ2n) is 6.52. The molecule has 21 heavy (non-hydrogen) atoms. The van der Waals surface area contributed by atoms with Gasteiger partial charge in [0.05, 0.1) is 10.7 Å². The molecule has 1 aromatic rings. The molecular weight excluding hydrogens is 282 g/mol. The molecule has 2 aliphatic carbocycles. The Morgan fingerprint density at radius 2 is 2.24 bits per heavy atom. The summed E-state index contributed by atoms with van der Waals surface area (Å²) in [6.45, 7) is 7.36. The minimum atomic E-state index is -0.0926. The molecule has 0 aliphatic heterocycles. The summed E-state index contributed by atoms with van der Waals surface area (Å²) in [5.74, 6) is 0.446. The molecule has 2 fully saturated rings. The van der Waals surface area contributed by atoms with E-state index in [0.717, 1.165) is 11.5 Å². The van der Waals surface area contributed by atoms with Crippen LogP contribution in [0.4, 0.5) is 10.7 Å². The third-order valence-electron chi connectivity index (χ3n) is 4.36. The van der Waals surface area contributed by atoms with E-state index in [4.69, 9.17) is 5.73 Å². The van der Waals surface area contributed by atoms with Gasteiger partial charge in [-0.3, -0.25) is 4.79 Å². The third-order valence-corrected chi connectivity index (χ3v) is 5.54. The molecular formula is C16H23N3OS. The average molecular weight is 305 g/mol. The molecule has 1 aromatic heterocycles. The van der Waals surface area contributed by atoms with Crippen LogP contribution in [0.3, 0.4) is 0 Å². The average Bonchev–Trinajstić information content (AvgIpc) is 3.37. The van der Waals surface area contributed by atoms with E-state index in [0.29, 0.717) is 28.4 Å². The van der Waals surface area contributed by atoms with Crippen LogP contribution in [0.25, 0.3) is 0 Å². The van der Waals surface area contributed by atoms with Crippen molar-refractivity contribution in [3.63, 3.8) is 0 Å². The minimum absolute atomic E-state index is 0.0926. The molecule has 0 bridgehead atoms. The zero-order valence-corrected chi connectivity index (χ0v) is 13.3. The number of anilines is 2. The van der Waals surface area contributed by atoms with Crippen LogP contribution in [0.2, 0.25) is 0 Å². The van der Waals surface area contributed by atoms with Gasteiger partial charge in [-0.1, -0.05) is 13.0 Å². The summed E-state index contributed by atoms with van der Waals surface area (Å²) in [5.41, 5.74) is 8.54. The highest BCUT2D eigenvalue weighted by Crippen LogP contribution is 2.52. The molecule has 0 radical (unpaired) electrons. The number of rotatable bonds is 7. The molecule has 1 heterocycles. The van der Waals surface area contributed by atoms with E-state index >= 15 is 0 Å². The third kappa shape index (κ3) is 3.07. The van der Waals surface area contributed by atoms with Crippen molar-refractivity contribution >= 4 is 27.9 Å². The van der Waals surface area contributed by atoms with Gasteiger partial charge in [0, 0.05) is 18.7 Å². The monoisotopic (exact) mass is 305 g/mol. The number of thiophene rings is 1. The molecule has 2 saturated carbocycles. The van der Waals surface area contributed by atoms with Crippen molar-refractivity contribution in [3.8, 4) is 0 Å². The van der Waals surface area contributed by atoms with Gasteiger partial charge < -0.3 is 16.4 Å².